The molecule has 2 aromatic carbocycles. The number of piperazine rings is 1. The van der Waals surface area contributed by atoms with Gasteiger partial charge in [0.25, 0.3) is 0 Å². The Morgan fingerprint density at radius 1 is 1.08 bits per heavy atom. The van der Waals surface area contributed by atoms with Gasteiger partial charge in [0.15, 0.2) is 0 Å². The summed E-state index contributed by atoms with van der Waals surface area (Å²) in [6.07, 6.45) is 0. The first-order valence-corrected chi connectivity index (χ1v) is 8.75. The van der Waals surface area contributed by atoms with Gasteiger partial charge in [0, 0.05) is 31.2 Å². The van der Waals surface area contributed by atoms with Crippen LogP contribution in [0.5, 0.6) is 0 Å². The first-order valence-electron chi connectivity index (χ1n) is 7.99. The molecule has 1 heterocycles. The maximum absolute atomic E-state index is 13.8. The van der Waals surface area contributed by atoms with Crippen molar-refractivity contribution < 1.29 is 9.18 Å². The Bertz CT molecular complexity index is 764. The number of anilines is 2. The average molecular weight is 382 g/mol. The number of para-hydroxylation sites is 1. The molecule has 3 rings (SSSR count). The molecule has 0 aliphatic carbocycles. The average Bonchev–Trinajstić information content (AvgIpc) is 2.59. The van der Waals surface area contributed by atoms with E-state index < -0.39 is 0 Å². The number of halogens is 3. The third-order valence-electron chi connectivity index (χ3n) is 4.14. The quantitative estimate of drug-likeness (QED) is 0.872. The van der Waals surface area contributed by atoms with E-state index in [-0.39, 0.29) is 18.3 Å². The van der Waals surface area contributed by atoms with Gasteiger partial charge in [0.1, 0.15) is 5.82 Å². The van der Waals surface area contributed by atoms with Crippen molar-refractivity contribution in [3.05, 3.63) is 58.3 Å². The molecule has 0 saturated carbocycles. The summed E-state index contributed by atoms with van der Waals surface area (Å²) in [5.74, 6) is -0.352. The smallest absolute Gasteiger partial charge is 0.238 e. The second kappa shape index (κ2) is 8.04. The molecular formula is C18H18Cl2FN3O. The number of carbonyl (C=O) groups is 1. The number of rotatable bonds is 4. The van der Waals surface area contributed by atoms with Gasteiger partial charge in [-0.3, -0.25) is 9.69 Å². The molecule has 1 amide bonds. The van der Waals surface area contributed by atoms with Gasteiger partial charge in [0.2, 0.25) is 5.91 Å². The Hall–Kier alpha value is -1.82. The molecule has 1 saturated heterocycles. The number of benzene rings is 2. The third-order valence-corrected chi connectivity index (χ3v) is 4.69. The van der Waals surface area contributed by atoms with E-state index >= 15 is 0 Å². The zero-order valence-electron chi connectivity index (χ0n) is 13.5. The lowest BCUT2D eigenvalue weighted by Crippen LogP contribution is -2.48. The molecule has 1 aliphatic heterocycles. The van der Waals surface area contributed by atoms with Crippen LogP contribution in [0.1, 0.15) is 0 Å². The van der Waals surface area contributed by atoms with E-state index in [0.717, 1.165) is 0 Å². The molecule has 0 bridgehead atoms. The summed E-state index contributed by atoms with van der Waals surface area (Å²) in [5, 5.41) is 3.72. The minimum atomic E-state index is -0.217. The van der Waals surface area contributed by atoms with Crippen molar-refractivity contribution in [1.82, 2.24) is 4.90 Å². The van der Waals surface area contributed by atoms with Crippen molar-refractivity contribution in [3.63, 3.8) is 0 Å². The fraction of sp³-hybridized carbons (Fsp3) is 0.278. The molecule has 25 heavy (non-hydrogen) atoms. The number of nitrogens with zero attached hydrogens (tertiary/aromatic N) is 2. The Balaban J connectivity index is 1.52. The lowest BCUT2D eigenvalue weighted by atomic mass is 10.2. The zero-order chi connectivity index (χ0) is 17.8. The highest BCUT2D eigenvalue weighted by molar-refractivity contribution is 6.36. The van der Waals surface area contributed by atoms with Crippen LogP contribution in [0.2, 0.25) is 10.0 Å². The van der Waals surface area contributed by atoms with Gasteiger partial charge in [-0.1, -0.05) is 35.3 Å². The molecule has 132 valence electrons. The van der Waals surface area contributed by atoms with Gasteiger partial charge >= 0.3 is 0 Å². The number of hydrogen-bond acceptors (Lipinski definition) is 3. The first kappa shape index (κ1) is 18.0. The normalized spacial score (nSPS) is 15.2. The highest BCUT2D eigenvalue weighted by Crippen LogP contribution is 2.25. The predicted octanol–water partition coefficient (Wildman–Crippen LogP) is 3.89. The van der Waals surface area contributed by atoms with E-state index in [1.165, 1.54) is 6.07 Å². The van der Waals surface area contributed by atoms with Crippen LogP contribution < -0.4 is 10.2 Å². The minimum absolute atomic E-state index is 0.136. The van der Waals surface area contributed by atoms with Crippen LogP contribution in [0.15, 0.2) is 42.5 Å². The monoisotopic (exact) mass is 381 g/mol. The van der Waals surface area contributed by atoms with Crippen LogP contribution in [-0.4, -0.2) is 43.5 Å². The van der Waals surface area contributed by atoms with Crippen LogP contribution >= 0.6 is 23.2 Å². The van der Waals surface area contributed by atoms with Crippen LogP contribution in [0.4, 0.5) is 15.8 Å². The van der Waals surface area contributed by atoms with Crippen molar-refractivity contribution in [2.75, 3.05) is 42.9 Å². The first-order chi connectivity index (χ1) is 12.0. The Morgan fingerprint density at radius 3 is 2.48 bits per heavy atom. The van der Waals surface area contributed by atoms with Gasteiger partial charge in [-0.05, 0) is 30.3 Å². The van der Waals surface area contributed by atoms with Crippen LogP contribution in [0.3, 0.4) is 0 Å². The lowest BCUT2D eigenvalue weighted by Gasteiger charge is -2.35. The third kappa shape index (κ3) is 4.63. The van der Waals surface area contributed by atoms with Gasteiger partial charge in [-0.25, -0.2) is 4.39 Å². The van der Waals surface area contributed by atoms with Crippen molar-refractivity contribution in [3.8, 4) is 0 Å². The molecule has 0 spiro atoms. The molecular weight excluding hydrogens is 364 g/mol. The van der Waals surface area contributed by atoms with E-state index in [0.29, 0.717) is 47.6 Å². The molecule has 0 radical (unpaired) electrons. The van der Waals surface area contributed by atoms with Crippen LogP contribution in [0, 0.1) is 5.82 Å². The van der Waals surface area contributed by atoms with Crippen molar-refractivity contribution in [2.24, 2.45) is 0 Å². The summed E-state index contributed by atoms with van der Waals surface area (Å²) in [6, 6.07) is 11.7. The maximum atomic E-state index is 13.8. The molecule has 0 atom stereocenters. The van der Waals surface area contributed by atoms with E-state index in [1.54, 1.807) is 30.3 Å². The van der Waals surface area contributed by atoms with Gasteiger partial charge in [-0.2, -0.15) is 0 Å². The Labute approximate surface area is 156 Å². The molecule has 7 heteroatoms. The highest BCUT2D eigenvalue weighted by Gasteiger charge is 2.21. The highest BCUT2D eigenvalue weighted by atomic mass is 35.5. The molecule has 4 nitrogen and oxygen atoms in total. The van der Waals surface area contributed by atoms with E-state index in [4.69, 9.17) is 23.2 Å². The number of hydrogen-bond donors (Lipinski definition) is 1. The summed E-state index contributed by atoms with van der Waals surface area (Å²) >= 11 is 11.9. The second-order valence-corrected chi connectivity index (χ2v) is 6.73. The van der Waals surface area contributed by atoms with Gasteiger partial charge < -0.3 is 10.2 Å². The molecule has 2 aromatic rings. The van der Waals surface area contributed by atoms with E-state index in [2.05, 4.69) is 5.32 Å². The number of amides is 1. The summed E-state index contributed by atoms with van der Waals surface area (Å²) < 4.78 is 13.8. The molecule has 1 N–H and O–H groups in total. The molecule has 1 fully saturated rings. The van der Waals surface area contributed by atoms with Crippen LogP contribution in [0.25, 0.3) is 0 Å². The molecule has 0 unspecified atom stereocenters. The SMILES string of the molecule is O=C(CN1CCN(c2ccccc2F)CC1)Nc1ccc(Cl)cc1Cl. The summed E-state index contributed by atoms with van der Waals surface area (Å²) in [5.41, 5.74) is 1.15. The number of nitrogens with one attached hydrogen (secondary N) is 1. The largest absolute Gasteiger partial charge is 0.367 e. The van der Waals surface area contributed by atoms with E-state index in [9.17, 15) is 9.18 Å². The second-order valence-electron chi connectivity index (χ2n) is 5.89. The topological polar surface area (TPSA) is 35.6 Å². The van der Waals surface area contributed by atoms with Crippen molar-refractivity contribution in [2.45, 2.75) is 0 Å². The van der Waals surface area contributed by atoms with Gasteiger partial charge in [0.05, 0.1) is 22.9 Å². The standard InChI is InChI=1S/C18H18Cl2FN3O/c19-13-5-6-16(14(20)11-13)22-18(25)12-23-7-9-24(10-8-23)17-4-2-1-3-15(17)21/h1-6,11H,7-10,12H2,(H,22,25). The van der Waals surface area contributed by atoms with Gasteiger partial charge in [-0.15, -0.1) is 0 Å². The lowest BCUT2D eigenvalue weighted by molar-refractivity contribution is -0.117. The minimum Gasteiger partial charge on any atom is -0.367 e. The summed E-state index contributed by atoms with van der Waals surface area (Å²) in [7, 11) is 0. The molecule has 0 aromatic heterocycles. The van der Waals surface area contributed by atoms with Crippen molar-refractivity contribution in [1.29, 1.82) is 0 Å². The number of carbonyl (C=O) groups excluding carboxylic acids is 1. The van der Waals surface area contributed by atoms with Crippen molar-refractivity contribution >= 4 is 40.5 Å². The Morgan fingerprint density at radius 2 is 1.80 bits per heavy atom. The predicted molar refractivity (Wildman–Crippen MR) is 100 cm³/mol. The Kier molecular flexibility index (Phi) is 5.78. The fourth-order valence-electron chi connectivity index (χ4n) is 2.84. The summed E-state index contributed by atoms with van der Waals surface area (Å²) in [6.45, 7) is 3.00. The van der Waals surface area contributed by atoms with E-state index in [1.807, 2.05) is 15.9 Å². The molecule has 1 aliphatic rings. The zero-order valence-corrected chi connectivity index (χ0v) is 15.0. The summed E-state index contributed by atoms with van der Waals surface area (Å²) in [4.78, 5) is 16.2. The maximum Gasteiger partial charge on any atom is 0.238 e. The fourth-order valence-corrected chi connectivity index (χ4v) is 3.29. The van der Waals surface area contributed by atoms with Crippen LogP contribution in [-0.2, 0) is 4.79 Å².